The lowest BCUT2D eigenvalue weighted by Gasteiger charge is -2.37. The van der Waals surface area contributed by atoms with Gasteiger partial charge in [0.25, 0.3) is 0 Å². The van der Waals surface area contributed by atoms with E-state index in [9.17, 15) is 4.79 Å². The molecule has 3 nitrogen and oxygen atoms in total. The maximum absolute atomic E-state index is 12.5. The van der Waals surface area contributed by atoms with Gasteiger partial charge in [-0.05, 0) is 36.5 Å². The van der Waals surface area contributed by atoms with Gasteiger partial charge in [-0.1, -0.05) is 50.5 Å². The van der Waals surface area contributed by atoms with Crippen molar-refractivity contribution in [3.63, 3.8) is 0 Å². The zero-order valence-electron chi connectivity index (χ0n) is 12.4. The van der Waals surface area contributed by atoms with Gasteiger partial charge in [-0.15, -0.1) is 0 Å². The average Bonchev–Trinajstić information content (AvgIpc) is 2.40. The summed E-state index contributed by atoms with van der Waals surface area (Å²) in [5.41, 5.74) is 6.92. The molecule has 1 aliphatic rings. The summed E-state index contributed by atoms with van der Waals surface area (Å²) in [6.07, 6.45) is 4.32. The molecule has 0 aliphatic heterocycles. The number of hydrogen-bond donors (Lipinski definition) is 2. The number of carbonyl (C=O) groups excluding carboxylic acids is 1. The van der Waals surface area contributed by atoms with Gasteiger partial charge in [0, 0.05) is 11.5 Å². The number of hydrogen-bond acceptors (Lipinski definition) is 2. The second-order valence-corrected chi connectivity index (χ2v) is 7.18. The fourth-order valence-electron chi connectivity index (χ4n) is 2.97. The first kappa shape index (κ1) is 16.2. The molecule has 114 valence electrons. The third-order valence-electron chi connectivity index (χ3n) is 4.34. The molecule has 0 radical (unpaired) electrons. The van der Waals surface area contributed by atoms with Crippen LogP contribution in [0.25, 0.3) is 0 Å². The van der Waals surface area contributed by atoms with Gasteiger partial charge < -0.3 is 11.1 Å². The van der Waals surface area contributed by atoms with Crippen molar-refractivity contribution in [2.24, 2.45) is 17.1 Å². The van der Waals surface area contributed by atoms with Crippen molar-refractivity contribution in [1.29, 1.82) is 0 Å². The topological polar surface area (TPSA) is 55.1 Å². The van der Waals surface area contributed by atoms with Crippen molar-refractivity contribution in [2.75, 3.05) is 5.32 Å². The lowest BCUT2D eigenvalue weighted by molar-refractivity contribution is -0.124. The number of amides is 1. The van der Waals surface area contributed by atoms with Crippen molar-refractivity contribution in [2.45, 2.75) is 39.5 Å². The first-order valence-corrected chi connectivity index (χ1v) is 8.00. The normalized spacial score (nSPS) is 20.8. The van der Waals surface area contributed by atoms with Gasteiger partial charge >= 0.3 is 0 Å². The predicted molar refractivity (Wildman–Crippen MR) is 91.7 cm³/mol. The van der Waals surface area contributed by atoms with Gasteiger partial charge in [-0.25, -0.2) is 0 Å². The Morgan fingerprint density at radius 2 is 2.14 bits per heavy atom. The third kappa shape index (κ3) is 3.74. The van der Waals surface area contributed by atoms with E-state index in [0.29, 0.717) is 21.3 Å². The quantitative estimate of drug-likeness (QED) is 0.822. The minimum Gasteiger partial charge on any atom is -0.389 e. The van der Waals surface area contributed by atoms with Gasteiger partial charge in [0.05, 0.1) is 10.7 Å². The Kier molecular flexibility index (Phi) is 4.89. The maximum atomic E-state index is 12.5. The van der Waals surface area contributed by atoms with Crippen LogP contribution in [0.4, 0.5) is 5.69 Å². The van der Waals surface area contributed by atoms with Crippen molar-refractivity contribution >= 4 is 40.4 Å². The smallest absolute Gasteiger partial charge is 0.228 e. The highest BCUT2D eigenvalue weighted by molar-refractivity contribution is 7.80. The molecule has 1 unspecified atom stereocenters. The summed E-state index contributed by atoms with van der Waals surface area (Å²) in [5.74, 6) is 0.0715. The molecule has 1 aromatic carbocycles. The number of nitrogens with two attached hydrogens (primary N) is 1. The second kappa shape index (κ2) is 6.32. The van der Waals surface area contributed by atoms with E-state index in [1.54, 1.807) is 18.2 Å². The van der Waals surface area contributed by atoms with Crippen LogP contribution in [-0.4, -0.2) is 10.9 Å². The lowest BCUT2D eigenvalue weighted by atomic mass is 9.68. The number of carbonyl (C=O) groups is 1. The van der Waals surface area contributed by atoms with E-state index in [1.165, 1.54) is 6.42 Å². The monoisotopic (exact) mass is 324 g/mol. The summed E-state index contributed by atoms with van der Waals surface area (Å²) >= 11 is 11.1. The molecule has 1 aromatic rings. The third-order valence-corrected chi connectivity index (χ3v) is 4.88. The molecule has 0 saturated heterocycles. The van der Waals surface area contributed by atoms with Gasteiger partial charge in [0.1, 0.15) is 4.99 Å². The van der Waals surface area contributed by atoms with Crippen molar-refractivity contribution in [3.8, 4) is 0 Å². The number of nitrogens with one attached hydrogen (secondary N) is 1. The highest BCUT2D eigenvalue weighted by Gasteiger charge is 2.37. The molecule has 1 atom stereocenters. The predicted octanol–water partition coefficient (Wildman–Crippen LogP) is 4.13. The summed E-state index contributed by atoms with van der Waals surface area (Å²) in [5, 5.41) is 3.41. The summed E-state index contributed by atoms with van der Waals surface area (Å²) in [6.45, 7) is 4.32. The number of anilines is 1. The van der Waals surface area contributed by atoms with Crippen molar-refractivity contribution in [3.05, 3.63) is 28.8 Å². The molecular weight excluding hydrogens is 304 g/mol. The molecule has 1 amide bonds. The number of benzene rings is 1. The van der Waals surface area contributed by atoms with Gasteiger partial charge in [-0.3, -0.25) is 4.79 Å². The minimum atomic E-state index is 0.0255. The van der Waals surface area contributed by atoms with Gasteiger partial charge in [0.15, 0.2) is 0 Å². The first-order chi connectivity index (χ1) is 9.81. The van der Waals surface area contributed by atoms with Gasteiger partial charge in [0.2, 0.25) is 5.91 Å². The van der Waals surface area contributed by atoms with Crippen LogP contribution in [0, 0.1) is 11.3 Å². The average molecular weight is 325 g/mol. The van der Waals surface area contributed by atoms with Crippen molar-refractivity contribution < 1.29 is 4.79 Å². The van der Waals surface area contributed by atoms with Crippen LogP contribution in [0.2, 0.25) is 5.02 Å². The molecule has 0 heterocycles. The molecule has 1 saturated carbocycles. The molecule has 2 rings (SSSR count). The van der Waals surface area contributed by atoms with E-state index in [4.69, 9.17) is 29.6 Å². The molecule has 1 fully saturated rings. The molecular formula is C16H21ClN2OS. The largest absolute Gasteiger partial charge is 0.389 e. The Morgan fingerprint density at radius 3 is 2.71 bits per heavy atom. The summed E-state index contributed by atoms with van der Waals surface area (Å²) in [6, 6.07) is 5.21. The summed E-state index contributed by atoms with van der Waals surface area (Å²) in [4.78, 5) is 12.8. The lowest BCUT2D eigenvalue weighted by Crippen LogP contribution is -2.37. The van der Waals surface area contributed by atoms with Crippen LogP contribution < -0.4 is 11.1 Å². The number of halogens is 1. The van der Waals surface area contributed by atoms with E-state index in [2.05, 4.69) is 19.2 Å². The van der Waals surface area contributed by atoms with Crippen LogP contribution in [0.3, 0.4) is 0 Å². The molecule has 21 heavy (non-hydrogen) atoms. The standard InChI is InChI=1S/C16H21ClN2OS/c1-16(2)8-4-3-5-11(16)15(20)19-13-7-6-10(14(18)21)9-12(13)17/h6-7,9,11H,3-5,8H2,1-2H3,(H2,18,21)(H,19,20). The Morgan fingerprint density at radius 1 is 1.43 bits per heavy atom. The molecule has 1 aliphatic carbocycles. The number of thiocarbonyl (C=S) groups is 1. The zero-order valence-corrected chi connectivity index (χ0v) is 14.0. The van der Waals surface area contributed by atoms with Crippen LogP contribution >= 0.6 is 23.8 Å². The summed E-state index contributed by atoms with van der Waals surface area (Å²) < 4.78 is 0. The fraction of sp³-hybridized carbons (Fsp3) is 0.500. The van der Waals surface area contributed by atoms with Crippen LogP contribution in [-0.2, 0) is 4.79 Å². The first-order valence-electron chi connectivity index (χ1n) is 7.21. The molecule has 3 N–H and O–H groups in total. The van der Waals surface area contributed by atoms with E-state index >= 15 is 0 Å². The van der Waals surface area contributed by atoms with Crippen LogP contribution in [0.15, 0.2) is 18.2 Å². The molecule has 0 spiro atoms. The van der Waals surface area contributed by atoms with Crippen molar-refractivity contribution in [1.82, 2.24) is 0 Å². The van der Waals surface area contributed by atoms with Gasteiger partial charge in [-0.2, -0.15) is 0 Å². The molecule has 0 aromatic heterocycles. The van der Waals surface area contributed by atoms with E-state index < -0.39 is 0 Å². The Hall–Kier alpha value is -1.13. The van der Waals surface area contributed by atoms with E-state index in [0.717, 1.165) is 19.3 Å². The SMILES string of the molecule is CC1(C)CCCCC1C(=O)Nc1ccc(C(N)=S)cc1Cl. The van der Waals surface area contributed by atoms with Crippen LogP contribution in [0.1, 0.15) is 45.1 Å². The fourth-order valence-corrected chi connectivity index (χ4v) is 3.32. The molecule has 5 heteroatoms. The Labute approximate surface area is 136 Å². The second-order valence-electron chi connectivity index (χ2n) is 6.34. The maximum Gasteiger partial charge on any atom is 0.228 e. The van der Waals surface area contributed by atoms with E-state index in [-0.39, 0.29) is 17.2 Å². The number of rotatable bonds is 3. The summed E-state index contributed by atoms with van der Waals surface area (Å²) in [7, 11) is 0. The zero-order chi connectivity index (χ0) is 15.6. The minimum absolute atomic E-state index is 0.0255. The molecule has 0 bridgehead atoms. The van der Waals surface area contributed by atoms with Crippen LogP contribution in [0.5, 0.6) is 0 Å². The Balaban J connectivity index is 2.14. The highest BCUT2D eigenvalue weighted by Crippen LogP contribution is 2.41. The Bertz CT molecular complexity index is 571. The highest BCUT2D eigenvalue weighted by atomic mass is 35.5. The van der Waals surface area contributed by atoms with E-state index in [1.807, 2.05) is 0 Å².